The molecule has 0 atom stereocenters. The number of nitrogens with zero attached hydrogens (tertiary/aromatic N) is 2. The Hall–Kier alpha value is -2.43. The van der Waals surface area contributed by atoms with Gasteiger partial charge in [-0.15, -0.1) is 0 Å². The fourth-order valence-electron chi connectivity index (χ4n) is 1.76. The minimum absolute atomic E-state index is 0.105. The van der Waals surface area contributed by atoms with E-state index >= 15 is 0 Å². The Bertz CT molecular complexity index is 670. The van der Waals surface area contributed by atoms with Gasteiger partial charge in [-0.25, -0.2) is 4.98 Å². The Kier molecular flexibility index (Phi) is 3.70. The van der Waals surface area contributed by atoms with Gasteiger partial charge in [-0.2, -0.15) is 0 Å². The standard InChI is InChI=1S/C15H17N3O2/c1-15(2,3)17-13(19)12-14(20)18(10-9-16-12)11-7-5-4-6-8-11/h4-10H,1-3H3,(H,17,19). The molecule has 0 aliphatic heterocycles. The summed E-state index contributed by atoms with van der Waals surface area (Å²) in [5.41, 5.74) is -0.255. The lowest BCUT2D eigenvalue weighted by atomic mass is 10.1. The van der Waals surface area contributed by atoms with Gasteiger partial charge in [0.2, 0.25) is 0 Å². The number of hydrogen-bond acceptors (Lipinski definition) is 3. The maximum Gasteiger partial charge on any atom is 0.286 e. The summed E-state index contributed by atoms with van der Waals surface area (Å²) in [5, 5.41) is 2.74. The van der Waals surface area contributed by atoms with E-state index in [0.29, 0.717) is 5.69 Å². The summed E-state index contributed by atoms with van der Waals surface area (Å²) in [7, 11) is 0. The van der Waals surface area contributed by atoms with Gasteiger partial charge in [-0.3, -0.25) is 14.2 Å². The predicted molar refractivity (Wildman–Crippen MR) is 77.1 cm³/mol. The quantitative estimate of drug-likeness (QED) is 0.905. The summed E-state index contributed by atoms with van der Waals surface area (Å²) < 4.78 is 1.41. The van der Waals surface area contributed by atoms with Gasteiger partial charge in [-0.1, -0.05) is 18.2 Å². The molecule has 0 saturated heterocycles. The molecule has 1 amide bonds. The molecule has 0 radical (unpaired) electrons. The highest BCUT2D eigenvalue weighted by Gasteiger charge is 2.20. The summed E-state index contributed by atoms with van der Waals surface area (Å²) in [4.78, 5) is 28.3. The van der Waals surface area contributed by atoms with E-state index in [-0.39, 0.29) is 5.69 Å². The third kappa shape index (κ3) is 3.12. The van der Waals surface area contributed by atoms with Crippen molar-refractivity contribution in [2.75, 3.05) is 0 Å². The topological polar surface area (TPSA) is 64.0 Å². The van der Waals surface area contributed by atoms with E-state index in [1.165, 1.54) is 10.8 Å². The third-order valence-corrected chi connectivity index (χ3v) is 2.58. The lowest BCUT2D eigenvalue weighted by molar-refractivity contribution is 0.0912. The van der Waals surface area contributed by atoms with Crippen molar-refractivity contribution in [1.82, 2.24) is 14.9 Å². The van der Waals surface area contributed by atoms with Crippen LogP contribution in [0.25, 0.3) is 5.69 Å². The van der Waals surface area contributed by atoms with Crippen molar-refractivity contribution in [3.05, 3.63) is 58.8 Å². The van der Waals surface area contributed by atoms with Crippen molar-refractivity contribution in [3.8, 4) is 5.69 Å². The summed E-state index contributed by atoms with van der Waals surface area (Å²) in [6.07, 6.45) is 3.00. The van der Waals surface area contributed by atoms with Crippen LogP contribution in [-0.2, 0) is 0 Å². The van der Waals surface area contributed by atoms with Crippen LogP contribution in [0.2, 0.25) is 0 Å². The van der Waals surface area contributed by atoms with Crippen LogP contribution in [0.15, 0.2) is 47.5 Å². The second kappa shape index (κ2) is 5.28. The number of carbonyl (C=O) groups is 1. The smallest absolute Gasteiger partial charge is 0.286 e. The van der Waals surface area contributed by atoms with Gasteiger partial charge in [0.1, 0.15) is 0 Å². The normalized spacial score (nSPS) is 11.2. The minimum Gasteiger partial charge on any atom is -0.346 e. The van der Waals surface area contributed by atoms with Crippen molar-refractivity contribution in [3.63, 3.8) is 0 Å². The molecule has 1 N–H and O–H groups in total. The van der Waals surface area contributed by atoms with Gasteiger partial charge < -0.3 is 5.32 Å². The molecular formula is C15H17N3O2. The second-order valence-corrected chi connectivity index (χ2v) is 5.49. The molecule has 0 bridgehead atoms. The highest BCUT2D eigenvalue weighted by Crippen LogP contribution is 2.04. The number of hydrogen-bond donors (Lipinski definition) is 1. The lowest BCUT2D eigenvalue weighted by Gasteiger charge is -2.20. The van der Waals surface area contributed by atoms with Crippen LogP contribution in [0.3, 0.4) is 0 Å². The molecule has 0 spiro atoms. The molecule has 1 aromatic carbocycles. The molecular weight excluding hydrogens is 254 g/mol. The first kappa shape index (κ1) is 14.0. The van der Waals surface area contributed by atoms with Gasteiger partial charge in [0.15, 0.2) is 5.69 Å². The van der Waals surface area contributed by atoms with Crippen LogP contribution >= 0.6 is 0 Å². The molecule has 1 heterocycles. The van der Waals surface area contributed by atoms with Gasteiger partial charge in [0, 0.05) is 23.6 Å². The van der Waals surface area contributed by atoms with Gasteiger partial charge >= 0.3 is 0 Å². The zero-order chi connectivity index (χ0) is 14.8. The average Bonchev–Trinajstić information content (AvgIpc) is 2.38. The van der Waals surface area contributed by atoms with Crippen LogP contribution in [0.1, 0.15) is 31.3 Å². The highest BCUT2D eigenvalue weighted by atomic mass is 16.2. The molecule has 0 aliphatic carbocycles. The zero-order valence-electron chi connectivity index (χ0n) is 11.8. The molecule has 104 valence electrons. The van der Waals surface area contributed by atoms with E-state index in [0.717, 1.165) is 0 Å². The van der Waals surface area contributed by atoms with Gasteiger partial charge in [-0.05, 0) is 32.9 Å². The Morgan fingerprint density at radius 3 is 2.45 bits per heavy atom. The van der Waals surface area contributed by atoms with Crippen molar-refractivity contribution in [2.45, 2.75) is 26.3 Å². The first-order chi connectivity index (χ1) is 9.38. The van der Waals surface area contributed by atoms with E-state index in [4.69, 9.17) is 0 Å². The van der Waals surface area contributed by atoms with Crippen LogP contribution in [-0.4, -0.2) is 21.0 Å². The zero-order valence-corrected chi connectivity index (χ0v) is 11.8. The Labute approximate surface area is 117 Å². The molecule has 0 saturated carbocycles. The Morgan fingerprint density at radius 1 is 1.20 bits per heavy atom. The third-order valence-electron chi connectivity index (χ3n) is 2.58. The van der Waals surface area contributed by atoms with E-state index in [1.54, 1.807) is 18.3 Å². The van der Waals surface area contributed by atoms with E-state index in [1.807, 2.05) is 39.0 Å². The number of rotatable bonds is 2. The summed E-state index contributed by atoms with van der Waals surface area (Å²) in [6, 6.07) is 9.12. The van der Waals surface area contributed by atoms with Crippen LogP contribution in [0, 0.1) is 0 Å². The fourth-order valence-corrected chi connectivity index (χ4v) is 1.76. The molecule has 0 fully saturated rings. The van der Waals surface area contributed by atoms with E-state index < -0.39 is 17.0 Å². The number of aromatic nitrogens is 2. The lowest BCUT2D eigenvalue weighted by Crippen LogP contribution is -2.43. The van der Waals surface area contributed by atoms with Gasteiger partial charge in [0.05, 0.1) is 0 Å². The summed E-state index contributed by atoms with van der Waals surface area (Å²) in [6.45, 7) is 5.55. The van der Waals surface area contributed by atoms with Gasteiger partial charge in [0.25, 0.3) is 11.5 Å². The summed E-state index contributed by atoms with van der Waals surface area (Å²) >= 11 is 0. The monoisotopic (exact) mass is 271 g/mol. The number of amides is 1. The van der Waals surface area contributed by atoms with Crippen LogP contribution in [0.4, 0.5) is 0 Å². The Morgan fingerprint density at radius 2 is 1.85 bits per heavy atom. The molecule has 0 unspecified atom stereocenters. The highest BCUT2D eigenvalue weighted by molar-refractivity contribution is 5.92. The Balaban J connectivity index is 2.44. The molecule has 5 nitrogen and oxygen atoms in total. The number of nitrogens with one attached hydrogen (secondary N) is 1. The minimum atomic E-state index is -0.465. The summed E-state index contributed by atoms with van der Waals surface area (Å²) in [5.74, 6) is -0.465. The maximum absolute atomic E-state index is 12.3. The fraction of sp³-hybridized carbons (Fsp3) is 0.267. The largest absolute Gasteiger partial charge is 0.346 e. The predicted octanol–water partition coefficient (Wildman–Crippen LogP) is 1.76. The molecule has 0 aliphatic rings. The van der Waals surface area contributed by atoms with Crippen LogP contribution in [0.5, 0.6) is 0 Å². The second-order valence-electron chi connectivity index (χ2n) is 5.49. The number of carbonyl (C=O) groups excluding carboxylic acids is 1. The average molecular weight is 271 g/mol. The van der Waals surface area contributed by atoms with Crippen molar-refractivity contribution < 1.29 is 4.79 Å². The molecule has 2 aromatic rings. The molecule has 5 heteroatoms. The number of para-hydroxylation sites is 1. The van der Waals surface area contributed by atoms with Crippen LogP contribution < -0.4 is 10.9 Å². The first-order valence-corrected chi connectivity index (χ1v) is 6.34. The molecule has 20 heavy (non-hydrogen) atoms. The van der Waals surface area contributed by atoms with E-state index in [9.17, 15) is 9.59 Å². The molecule has 1 aromatic heterocycles. The SMILES string of the molecule is CC(C)(C)NC(=O)c1nccn(-c2ccccc2)c1=O. The van der Waals surface area contributed by atoms with Crippen molar-refractivity contribution in [2.24, 2.45) is 0 Å². The van der Waals surface area contributed by atoms with Crippen molar-refractivity contribution >= 4 is 5.91 Å². The van der Waals surface area contributed by atoms with Crippen molar-refractivity contribution in [1.29, 1.82) is 0 Å². The maximum atomic E-state index is 12.3. The molecule has 2 rings (SSSR count). The first-order valence-electron chi connectivity index (χ1n) is 6.34. The van der Waals surface area contributed by atoms with E-state index in [2.05, 4.69) is 10.3 Å². The number of benzene rings is 1.